The molecular weight excluding hydrogens is 409 g/mol. The Morgan fingerprint density at radius 2 is 1.86 bits per heavy atom. The molecule has 152 valence electrons. The van der Waals surface area contributed by atoms with E-state index in [9.17, 15) is 14.0 Å². The van der Waals surface area contributed by atoms with Crippen LogP contribution in [0.1, 0.15) is 29.7 Å². The normalized spacial score (nSPS) is 14.5. The Hall–Kier alpha value is -2.19. The van der Waals surface area contributed by atoms with E-state index in [1.807, 2.05) is 18.7 Å². The number of likely N-dealkylation sites (tertiary alicyclic amines) is 1. The second-order valence-corrected chi connectivity index (χ2v) is 9.35. The number of amides is 1. The number of halogens is 1. The van der Waals surface area contributed by atoms with Crippen LogP contribution in [0.5, 0.6) is 0 Å². The number of fused-ring (bicyclic) bond motifs is 1. The van der Waals surface area contributed by atoms with Crippen molar-refractivity contribution in [2.45, 2.75) is 38.3 Å². The maximum absolute atomic E-state index is 13.4. The summed E-state index contributed by atoms with van der Waals surface area (Å²) in [6.07, 6.45) is 3.24. The van der Waals surface area contributed by atoms with E-state index >= 15 is 0 Å². The molecule has 1 amide bonds. The number of nitrogens with zero attached hydrogens (tertiary/aromatic N) is 3. The first-order valence-electron chi connectivity index (χ1n) is 9.65. The minimum Gasteiger partial charge on any atom is -0.342 e. The van der Waals surface area contributed by atoms with E-state index in [0.717, 1.165) is 42.8 Å². The highest BCUT2D eigenvalue weighted by molar-refractivity contribution is 7.99. The van der Waals surface area contributed by atoms with Crippen molar-refractivity contribution in [3.63, 3.8) is 0 Å². The van der Waals surface area contributed by atoms with E-state index in [0.29, 0.717) is 21.1 Å². The number of aryl methyl sites for hydroxylation is 2. The van der Waals surface area contributed by atoms with Crippen LogP contribution in [0, 0.1) is 19.7 Å². The zero-order valence-electron chi connectivity index (χ0n) is 16.4. The number of aromatic nitrogens is 2. The molecule has 5 nitrogen and oxygen atoms in total. The topological polar surface area (TPSA) is 55.2 Å². The van der Waals surface area contributed by atoms with Crippen molar-refractivity contribution in [2.24, 2.45) is 0 Å². The highest BCUT2D eigenvalue weighted by Crippen LogP contribution is 2.29. The average Bonchev–Trinajstić information content (AvgIpc) is 3.01. The van der Waals surface area contributed by atoms with Crippen LogP contribution in [0.2, 0.25) is 0 Å². The minimum atomic E-state index is -0.368. The fourth-order valence-corrected chi connectivity index (χ4v) is 5.54. The highest BCUT2D eigenvalue weighted by atomic mass is 32.2. The Kier molecular flexibility index (Phi) is 5.74. The van der Waals surface area contributed by atoms with Gasteiger partial charge < -0.3 is 4.90 Å². The van der Waals surface area contributed by atoms with Crippen molar-refractivity contribution in [1.29, 1.82) is 0 Å². The van der Waals surface area contributed by atoms with Crippen LogP contribution in [-0.2, 0) is 4.79 Å². The molecule has 29 heavy (non-hydrogen) atoms. The largest absolute Gasteiger partial charge is 0.342 e. The molecule has 0 saturated carbocycles. The van der Waals surface area contributed by atoms with E-state index in [-0.39, 0.29) is 23.0 Å². The van der Waals surface area contributed by atoms with Gasteiger partial charge in [0, 0.05) is 18.0 Å². The molecule has 1 saturated heterocycles. The number of hydrogen-bond donors (Lipinski definition) is 0. The predicted octanol–water partition coefficient (Wildman–Crippen LogP) is 4.31. The van der Waals surface area contributed by atoms with E-state index < -0.39 is 0 Å². The van der Waals surface area contributed by atoms with Crippen molar-refractivity contribution in [3.8, 4) is 5.69 Å². The number of piperidine rings is 1. The van der Waals surface area contributed by atoms with Crippen LogP contribution in [0.3, 0.4) is 0 Å². The van der Waals surface area contributed by atoms with E-state index in [2.05, 4.69) is 0 Å². The third kappa shape index (κ3) is 3.96. The number of carbonyl (C=O) groups is 1. The first-order valence-corrected chi connectivity index (χ1v) is 11.4. The third-order valence-corrected chi connectivity index (χ3v) is 7.31. The predicted molar refractivity (Wildman–Crippen MR) is 116 cm³/mol. The summed E-state index contributed by atoms with van der Waals surface area (Å²) in [6.45, 7) is 5.47. The second kappa shape index (κ2) is 8.28. The number of thiophene rings is 1. The summed E-state index contributed by atoms with van der Waals surface area (Å²) >= 11 is 2.75. The molecule has 0 N–H and O–H groups in total. The smallest absolute Gasteiger partial charge is 0.267 e. The van der Waals surface area contributed by atoms with Crippen molar-refractivity contribution >= 4 is 39.2 Å². The molecule has 0 radical (unpaired) electrons. The van der Waals surface area contributed by atoms with Crippen LogP contribution in [0.15, 0.2) is 34.2 Å². The van der Waals surface area contributed by atoms with Crippen LogP contribution >= 0.6 is 23.1 Å². The number of rotatable bonds is 4. The Bertz CT molecular complexity index is 1120. The summed E-state index contributed by atoms with van der Waals surface area (Å²) in [5.41, 5.74) is 1.28. The van der Waals surface area contributed by atoms with E-state index in [1.54, 1.807) is 12.1 Å². The third-order valence-electron chi connectivity index (χ3n) is 5.29. The number of thioether (sulfide) groups is 1. The van der Waals surface area contributed by atoms with Gasteiger partial charge in [-0.3, -0.25) is 14.2 Å². The average molecular weight is 432 g/mol. The standard InChI is InChI=1S/C21H22FN3O2S2/c1-13-14(2)29-19-18(13)20(27)25(16-8-6-15(22)7-9-16)21(23-19)28-12-17(26)24-10-4-3-5-11-24/h6-9H,3-5,10-12H2,1-2H3. The van der Waals surface area contributed by atoms with Crippen LogP contribution in [0.4, 0.5) is 4.39 Å². The van der Waals surface area contributed by atoms with Gasteiger partial charge in [0.15, 0.2) is 5.16 Å². The molecule has 3 aromatic rings. The van der Waals surface area contributed by atoms with Gasteiger partial charge in [0.1, 0.15) is 10.6 Å². The minimum absolute atomic E-state index is 0.0632. The van der Waals surface area contributed by atoms with Gasteiger partial charge in [0.05, 0.1) is 16.8 Å². The van der Waals surface area contributed by atoms with Gasteiger partial charge >= 0.3 is 0 Å². The van der Waals surface area contributed by atoms with E-state index in [4.69, 9.17) is 4.98 Å². The maximum Gasteiger partial charge on any atom is 0.267 e. The second-order valence-electron chi connectivity index (χ2n) is 7.20. The Morgan fingerprint density at radius 3 is 2.55 bits per heavy atom. The van der Waals surface area contributed by atoms with Gasteiger partial charge in [-0.1, -0.05) is 11.8 Å². The van der Waals surface area contributed by atoms with E-state index in [1.165, 1.54) is 39.8 Å². The molecule has 2 aromatic heterocycles. The fraction of sp³-hybridized carbons (Fsp3) is 0.381. The summed E-state index contributed by atoms with van der Waals surface area (Å²) in [7, 11) is 0. The van der Waals surface area contributed by atoms with Gasteiger partial charge in [0.25, 0.3) is 5.56 Å². The Labute approximate surface area is 176 Å². The molecule has 3 heterocycles. The van der Waals surface area contributed by atoms with Gasteiger partial charge in [-0.05, 0) is 62.9 Å². The molecule has 1 aliphatic rings. The van der Waals surface area contributed by atoms with Crippen LogP contribution < -0.4 is 5.56 Å². The molecule has 1 fully saturated rings. The summed E-state index contributed by atoms with van der Waals surface area (Å²) < 4.78 is 14.9. The van der Waals surface area contributed by atoms with Crippen LogP contribution in [-0.4, -0.2) is 39.2 Å². The zero-order valence-corrected chi connectivity index (χ0v) is 18.0. The van der Waals surface area contributed by atoms with Gasteiger partial charge in [0.2, 0.25) is 5.91 Å². The van der Waals surface area contributed by atoms with Crippen molar-refractivity contribution in [2.75, 3.05) is 18.8 Å². The number of hydrogen-bond acceptors (Lipinski definition) is 5. The monoisotopic (exact) mass is 431 g/mol. The van der Waals surface area contributed by atoms with Crippen LogP contribution in [0.25, 0.3) is 15.9 Å². The molecule has 0 spiro atoms. The maximum atomic E-state index is 13.4. The van der Waals surface area contributed by atoms with Crippen molar-refractivity contribution in [1.82, 2.24) is 14.5 Å². The summed E-state index contributed by atoms with van der Waals surface area (Å²) in [6, 6.07) is 5.78. The molecular formula is C21H22FN3O2S2. The molecule has 0 unspecified atom stereocenters. The van der Waals surface area contributed by atoms with Crippen molar-refractivity contribution < 1.29 is 9.18 Å². The lowest BCUT2D eigenvalue weighted by atomic mass is 10.1. The quantitative estimate of drug-likeness (QED) is 0.456. The van der Waals surface area contributed by atoms with Crippen molar-refractivity contribution in [3.05, 3.63) is 50.9 Å². The highest BCUT2D eigenvalue weighted by Gasteiger charge is 2.21. The fourth-order valence-electron chi connectivity index (χ4n) is 3.55. The number of carbonyl (C=O) groups excluding carboxylic acids is 1. The molecule has 0 atom stereocenters. The molecule has 1 aromatic carbocycles. The van der Waals surface area contributed by atoms with Gasteiger partial charge in [-0.25, -0.2) is 9.37 Å². The van der Waals surface area contributed by atoms with Gasteiger partial charge in [-0.2, -0.15) is 0 Å². The summed E-state index contributed by atoms with van der Waals surface area (Å²) in [5, 5.41) is 1.05. The molecule has 0 bridgehead atoms. The lowest BCUT2D eigenvalue weighted by Crippen LogP contribution is -2.36. The summed E-state index contributed by atoms with van der Waals surface area (Å²) in [5.74, 6) is -0.0798. The molecule has 4 rings (SSSR count). The summed E-state index contributed by atoms with van der Waals surface area (Å²) in [4.78, 5) is 34.3. The first kappa shape index (κ1) is 20.1. The Balaban J connectivity index is 1.75. The first-order chi connectivity index (χ1) is 14.0. The SMILES string of the molecule is Cc1sc2nc(SCC(=O)N3CCCCC3)n(-c3ccc(F)cc3)c(=O)c2c1C. The molecule has 0 aliphatic carbocycles. The zero-order chi connectivity index (χ0) is 20.5. The molecule has 8 heteroatoms. The Morgan fingerprint density at radius 1 is 1.17 bits per heavy atom. The number of benzene rings is 1. The van der Waals surface area contributed by atoms with Gasteiger partial charge in [-0.15, -0.1) is 11.3 Å². The lowest BCUT2D eigenvalue weighted by molar-refractivity contribution is -0.129. The molecule has 1 aliphatic heterocycles. The lowest BCUT2D eigenvalue weighted by Gasteiger charge is -2.26.